The number of hydrogen-bond donors (Lipinski definition) is 3. The van der Waals surface area contributed by atoms with Gasteiger partial charge < -0.3 is 14.8 Å². The van der Waals surface area contributed by atoms with Crippen molar-refractivity contribution in [3.05, 3.63) is 54.1 Å². The molecule has 0 fully saturated rings. The number of aliphatic hydroxyl groups excluding tert-OH is 1. The number of rotatable bonds is 5. The zero-order valence-electron chi connectivity index (χ0n) is 12.0. The number of carbonyl (C=O) groups excluding carboxylic acids is 1. The number of nitrogens with zero attached hydrogens (tertiary/aromatic N) is 2. The summed E-state index contributed by atoms with van der Waals surface area (Å²) in [7, 11) is 0. The Kier molecular flexibility index (Phi) is 4.65. The minimum Gasteiger partial charge on any atom is -0.467 e. The van der Waals surface area contributed by atoms with E-state index in [1.54, 1.807) is 24.5 Å². The van der Waals surface area contributed by atoms with E-state index in [1.165, 1.54) is 17.6 Å². The first-order chi connectivity index (χ1) is 11.2. The largest absolute Gasteiger partial charge is 0.467 e. The standard InChI is InChI=1S/C15H14N4O3S/c20-12(13-4-2-6-22-13)8-17-14(21)19-15-18-11(9-23-15)10-3-1-5-16-7-10/h1-7,9,12,20H,8H2,(H2,17,18,19,21). The van der Waals surface area contributed by atoms with Crippen LogP contribution in [0, 0.1) is 0 Å². The number of nitrogens with one attached hydrogen (secondary N) is 2. The molecule has 0 radical (unpaired) electrons. The maximum Gasteiger partial charge on any atom is 0.321 e. The van der Waals surface area contributed by atoms with Crippen molar-refractivity contribution in [2.75, 3.05) is 11.9 Å². The number of carbonyl (C=O) groups is 1. The minimum atomic E-state index is -0.891. The molecular formula is C15H14N4O3S. The predicted octanol–water partition coefficient (Wildman–Crippen LogP) is 2.65. The van der Waals surface area contributed by atoms with Crippen LogP contribution in [0.25, 0.3) is 11.3 Å². The predicted molar refractivity (Wildman–Crippen MR) is 86.0 cm³/mol. The van der Waals surface area contributed by atoms with Crippen LogP contribution in [-0.4, -0.2) is 27.7 Å². The highest BCUT2D eigenvalue weighted by Gasteiger charge is 2.13. The van der Waals surface area contributed by atoms with Crippen LogP contribution in [0.3, 0.4) is 0 Å². The normalized spacial score (nSPS) is 11.9. The van der Waals surface area contributed by atoms with Crippen molar-refractivity contribution in [1.29, 1.82) is 0 Å². The van der Waals surface area contributed by atoms with Gasteiger partial charge in [-0.3, -0.25) is 10.3 Å². The number of furan rings is 1. The minimum absolute atomic E-state index is 0.0418. The third-order valence-electron chi connectivity index (χ3n) is 3.01. The van der Waals surface area contributed by atoms with Crippen LogP contribution in [-0.2, 0) is 0 Å². The number of pyridine rings is 1. The number of aromatic nitrogens is 2. The molecule has 1 unspecified atom stereocenters. The molecule has 0 aliphatic rings. The second kappa shape index (κ2) is 7.03. The van der Waals surface area contributed by atoms with E-state index in [9.17, 15) is 9.90 Å². The lowest BCUT2D eigenvalue weighted by Gasteiger charge is -2.09. The zero-order chi connectivity index (χ0) is 16.1. The highest BCUT2D eigenvalue weighted by molar-refractivity contribution is 7.14. The molecule has 1 atom stereocenters. The SMILES string of the molecule is O=C(NCC(O)c1ccco1)Nc1nc(-c2cccnc2)cs1. The summed E-state index contributed by atoms with van der Waals surface area (Å²) in [6.45, 7) is 0.0418. The van der Waals surface area contributed by atoms with Crippen LogP contribution in [0.5, 0.6) is 0 Å². The Hall–Kier alpha value is -2.71. The van der Waals surface area contributed by atoms with Gasteiger partial charge in [-0.25, -0.2) is 9.78 Å². The van der Waals surface area contributed by atoms with E-state index in [0.29, 0.717) is 10.9 Å². The van der Waals surface area contributed by atoms with E-state index in [1.807, 2.05) is 17.5 Å². The summed E-state index contributed by atoms with van der Waals surface area (Å²) in [5.74, 6) is 0.401. The fraction of sp³-hybridized carbons (Fsp3) is 0.133. The van der Waals surface area contributed by atoms with Crippen molar-refractivity contribution in [3.8, 4) is 11.3 Å². The van der Waals surface area contributed by atoms with Crippen LogP contribution >= 0.6 is 11.3 Å². The molecule has 0 aliphatic heterocycles. The molecule has 0 bridgehead atoms. The third kappa shape index (κ3) is 3.93. The van der Waals surface area contributed by atoms with Crippen molar-refractivity contribution in [2.24, 2.45) is 0 Å². The fourth-order valence-corrected chi connectivity index (χ4v) is 2.60. The summed E-state index contributed by atoms with van der Waals surface area (Å²) in [6.07, 6.45) is 3.97. The maximum absolute atomic E-state index is 11.8. The number of hydrogen-bond acceptors (Lipinski definition) is 6. The molecule has 3 aromatic rings. The summed E-state index contributed by atoms with van der Waals surface area (Å²) < 4.78 is 5.06. The molecule has 3 rings (SSSR count). The van der Waals surface area contributed by atoms with E-state index in [0.717, 1.165) is 11.3 Å². The van der Waals surface area contributed by atoms with E-state index in [2.05, 4.69) is 20.6 Å². The van der Waals surface area contributed by atoms with E-state index < -0.39 is 12.1 Å². The summed E-state index contributed by atoms with van der Waals surface area (Å²) in [5.41, 5.74) is 1.62. The van der Waals surface area contributed by atoms with Gasteiger partial charge in [-0.05, 0) is 24.3 Å². The number of thiazole rings is 1. The highest BCUT2D eigenvalue weighted by atomic mass is 32.1. The molecule has 3 aromatic heterocycles. The molecule has 7 nitrogen and oxygen atoms in total. The maximum atomic E-state index is 11.8. The second-order valence-electron chi connectivity index (χ2n) is 4.65. The fourth-order valence-electron chi connectivity index (χ4n) is 1.89. The number of amides is 2. The lowest BCUT2D eigenvalue weighted by atomic mass is 10.2. The molecule has 0 saturated heterocycles. The Bertz CT molecular complexity index is 758. The zero-order valence-corrected chi connectivity index (χ0v) is 12.8. The molecule has 0 aromatic carbocycles. The molecule has 23 heavy (non-hydrogen) atoms. The van der Waals surface area contributed by atoms with Gasteiger partial charge in [-0.15, -0.1) is 11.3 Å². The van der Waals surface area contributed by atoms with Crippen LogP contribution < -0.4 is 10.6 Å². The van der Waals surface area contributed by atoms with E-state index in [4.69, 9.17) is 4.42 Å². The summed E-state index contributed by atoms with van der Waals surface area (Å²) in [6, 6.07) is 6.60. The van der Waals surface area contributed by atoms with Gasteiger partial charge in [0.1, 0.15) is 11.9 Å². The third-order valence-corrected chi connectivity index (χ3v) is 3.77. The van der Waals surface area contributed by atoms with Crippen LogP contribution in [0.4, 0.5) is 9.93 Å². The molecule has 118 valence electrons. The number of aliphatic hydroxyl groups is 1. The molecule has 0 aliphatic carbocycles. The van der Waals surface area contributed by atoms with Gasteiger partial charge in [-0.1, -0.05) is 0 Å². The first-order valence-electron chi connectivity index (χ1n) is 6.84. The Balaban J connectivity index is 1.53. The molecule has 3 N–H and O–H groups in total. The lowest BCUT2D eigenvalue weighted by molar-refractivity contribution is 0.149. The quantitative estimate of drug-likeness (QED) is 0.668. The van der Waals surface area contributed by atoms with Crippen LogP contribution in [0.1, 0.15) is 11.9 Å². The summed E-state index contributed by atoms with van der Waals surface area (Å²) >= 11 is 1.31. The van der Waals surface area contributed by atoms with Gasteiger partial charge >= 0.3 is 6.03 Å². The van der Waals surface area contributed by atoms with Crippen molar-refractivity contribution in [3.63, 3.8) is 0 Å². The van der Waals surface area contributed by atoms with Gasteiger partial charge in [-0.2, -0.15) is 0 Å². The van der Waals surface area contributed by atoms with Crippen molar-refractivity contribution < 1.29 is 14.3 Å². The molecule has 2 amide bonds. The number of anilines is 1. The average Bonchev–Trinajstić information content (AvgIpc) is 3.25. The van der Waals surface area contributed by atoms with Gasteiger partial charge in [0.05, 0.1) is 18.5 Å². The summed E-state index contributed by atoms with van der Waals surface area (Å²) in [4.78, 5) is 20.2. The Morgan fingerprint density at radius 3 is 3.04 bits per heavy atom. The first kappa shape index (κ1) is 15.2. The topological polar surface area (TPSA) is 100 Å². The van der Waals surface area contributed by atoms with Crippen LogP contribution in [0.2, 0.25) is 0 Å². The second-order valence-corrected chi connectivity index (χ2v) is 5.50. The first-order valence-corrected chi connectivity index (χ1v) is 7.72. The van der Waals surface area contributed by atoms with Gasteiger partial charge in [0.2, 0.25) is 0 Å². The Morgan fingerprint density at radius 1 is 1.39 bits per heavy atom. The van der Waals surface area contributed by atoms with Gasteiger partial charge in [0.15, 0.2) is 5.13 Å². The molecule has 0 saturated carbocycles. The monoisotopic (exact) mass is 330 g/mol. The van der Waals surface area contributed by atoms with E-state index in [-0.39, 0.29) is 6.54 Å². The Labute approximate surface area is 136 Å². The molecular weight excluding hydrogens is 316 g/mol. The highest BCUT2D eigenvalue weighted by Crippen LogP contribution is 2.23. The lowest BCUT2D eigenvalue weighted by Crippen LogP contribution is -2.32. The molecule has 0 spiro atoms. The van der Waals surface area contributed by atoms with Crippen LogP contribution in [0.15, 0.2) is 52.7 Å². The van der Waals surface area contributed by atoms with Crippen molar-refractivity contribution >= 4 is 22.5 Å². The van der Waals surface area contributed by atoms with Crippen molar-refractivity contribution in [2.45, 2.75) is 6.10 Å². The molecule has 3 heterocycles. The van der Waals surface area contributed by atoms with E-state index >= 15 is 0 Å². The number of urea groups is 1. The smallest absolute Gasteiger partial charge is 0.321 e. The average molecular weight is 330 g/mol. The van der Waals surface area contributed by atoms with Gasteiger partial charge in [0.25, 0.3) is 0 Å². The molecule has 8 heteroatoms. The van der Waals surface area contributed by atoms with Gasteiger partial charge in [0, 0.05) is 23.3 Å². The van der Waals surface area contributed by atoms with Crippen molar-refractivity contribution in [1.82, 2.24) is 15.3 Å². The summed E-state index contributed by atoms with van der Waals surface area (Å²) in [5, 5.41) is 17.3. The Morgan fingerprint density at radius 2 is 2.30 bits per heavy atom.